The van der Waals surface area contributed by atoms with Gasteiger partial charge in [-0.1, -0.05) is 6.07 Å². The van der Waals surface area contributed by atoms with E-state index in [2.05, 4.69) is 15.9 Å². The van der Waals surface area contributed by atoms with Crippen molar-refractivity contribution in [3.05, 3.63) is 34.1 Å². The highest BCUT2D eigenvalue weighted by Crippen LogP contribution is 2.31. The van der Waals surface area contributed by atoms with Crippen LogP contribution in [0.5, 0.6) is 0 Å². The van der Waals surface area contributed by atoms with Crippen LogP contribution in [0.3, 0.4) is 0 Å². The lowest BCUT2D eigenvalue weighted by Crippen LogP contribution is -2.42. The standard InChI is InChI=1S/C13H15BrFNO/c1-13(2)7-4-8-16(13)12(17)9-5-3-6-10(15)11(9)14/h3,5-6H,4,7-8H2,1-2H3. The van der Waals surface area contributed by atoms with Crippen LogP contribution in [-0.4, -0.2) is 22.9 Å². The van der Waals surface area contributed by atoms with E-state index in [1.807, 2.05) is 18.7 Å². The molecule has 1 aromatic carbocycles. The third-order valence-electron chi connectivity index (χ3n) is 3.33. The minimum atomic E-state index is -0.396. The van der Waals surface area contributed by atoms with Crippen LogP contribution in [0, 0.1) is 5.82 Å². The van der Waals surface area contributed by atoms with Gasteiger partial charge in [-0.3, -0.25) is 4.79 Å². The molecule has 0 aliphatic carbocycles. The summed E-state index contributed by atoms with van der Waals surface area (Å²) < 4.78 is 13.7. The van der Waals surface area contributed by atoms with Gasteiger partial charge in [-0.2, -0.15) is 0 Å². The van der Waals surface area contributed by atoms with Crippen molar-refractivity contribution in [1.82, 2.24) is 4.90 Å². The zero-order valence-corrected chi connectivity index (χ0v) is 11.6. The largest absolute Gasteiger partial charge is 0.333 e. The van der Waals surface area contributed by atoms with E-state index in [9.17, 15) is 9.18 Å². The van der Waals surface area contributed by atoms with Gasteiger partial charge in [0.25, 0.3) is 5.91 Å². The Kier molecular flexibility index (Phi) is 3.25. The Hall–Kier alpha value is -0.900. The average molecular weight is 300 g/mol. The van der Waals surface area contributed by atoms with Crippen molar-refractivity contribution < 1.29 is 9.18 Å². The van der Waals surface area contributed by atoms with E-state index in [1.165, 1.54) is 6.07 Å². The molecule has 1 heterocycles. The molecular formula is C13H15BrFNO. The molecule has 0 saturated carbocycles. The normalized spacial score (nSPS) is 18.5. The molecule has 2 nitrogen and oxygen atoms in total. The Morgan fingerprint density at radius 1 is 1.47 bits per heavy atom. The monoisotopic (exact) mass is 299 g/mol. The fourth-order valence-electron chi connectivity index (χ4n) is 2.30. The predicted octanol–water partition coefficient (Wildman–Crippen LogP) is 3.60. The van der Waals surface area contributed by atoms with Crippen molar-refractivity contribution in [2.45, 2.75) is 32.2 Å². The van der Waals surface area contributed by atoms with E-state index in [-0.39, 0.29) is 15.9 Å². The molecule has 0 radical (unpaired) electrons. The highest BCUT2D eigenvalue weighted by atomic mass is 79.9. The zero-order valence-electron chi connectivity index (χ0n) is 9.96. The third-order valence-corrected chi connectivity index (χ3v) is 4.13. The molecule has 1 aromatic rings. The summed E-state index contributed by atoms with van der Waals surface area (Å²) in [4.78, 5) is 14.2. The molecule has 2 rings (SSSR count). The van der Waals surface area contributed by atoms with Crippen LogP contribution in [-0.2, 0) is 0 Å². The van der Waals surface area contributed by atoms with Crippen LogP contribution in [0.15, 0.2) is 22.7 Å². The Bertz CT molecular complexity index is 459. The summed E-state index contributed by atoms with van der Waals surface area (Å²) in [5.41, 5.74) is 0.267. The van der Waals surface area contributed by atoms with Gasteiger partial charge in [-0.15, -0.1) is 0 Å². The molecule has 1 saturated heterocycles. The summed E-state index contributed by atoms with van der Waals surface area (Å²) in [5.74, 6) is -0.494. The van der Waals surface area contributed by atoms with Gasteiger partial charge in [-0.05, 0) is 54.8 Å². The first-order chi connectivity index (χ1) is 7.93. The third kappa shape index (κ3) is 2.23. The summed E-state index contributed by atoms with van der Waals surface area (Å²) in [6.07, 6.45) is 2.00. The molecule has 1 aliphatic rings. The van der Waals surface area contributed by atoms with Crippen LogP contribution in [0.4, 0.5) is 4.39 Å². The number of benzene rings is 1. The Balaban J connectivity index is 2.35. The molecule has 17 heavy (non-hydrogen) atoms. The van der Waals surface area contributed by atoms with Gasteiger partial charge >= 0.3 is 0 Å². The zero-order chi connectivity index (χ0) is 12.6. The maximum atomic E-state index is 13.4. The molecule has 0 bridgehead atoms. The molecule has 1 fully saturated rings. The first kappa shape index (κ1) is 12.6. The van der Waals surface area contributed by atoms with Gasteiger partial charge in [0.15, 0.2) is 0 Å². The van der Waals surface area contributed by atoms with Crippen LogP contribution in [0.25, 0.3) is 0 Å². The lowest BCUT2D eigenvalue weighted by molar-refractivity contribution is 0.0650. The molecule has 1 amide bonds. The molecule has 1 aliphatic heterocycles. The van der Waals surface area contributed by atoms with Gasteiger partial charge in [0.1, 0.15) is 5.82 Å². The molecule has 0 unspecified atom stereocenters. The Labute approximate surface area is 109 Å². The highest BCUT2D eigenvalue weighted by Gasteiger charge is 2.36. The first-order valence-electron chi connectivity index (χ1n) is 5.69. The Morgan fingerprint density at radius 2 is 2.18 bits per heavy atom. The smallest absolute Gasteiger partial charge is 0.255 e. The quantitative estimate of drug-likeness (QED) is 0.776. The Morgan fingerprint density at radius 3 is 2.76 bits per heavy atom. The SMILES string of the molecule is CC1(C)CCCN1C(=O)c1cccc(F)c1Br. The van der Waals surface area contributed by atoms with Crippen LogP contribution < -0.4 is 0 Å². The number of likely N-dealkylation sites (tertiary alicyclic amines) is 1. The second-order valence-corrected chi connectivity index (χ2v) is 5.77. The van der Waals surface area contributed by atoms with Gasteiger partial charge in [-0.25, -0.2) is 4.39 Å². The number of amides is 1. The molecule has 0 N–H and O–H groups in total. The average Bonchev–Trinajstić information content (AvgIpc) is 2.61. The number of carbonyl (C=O) groups excluding carboxylic acids is 1. The van der Waals surface area contributed by atoms with E-state index < -0.39 is 5.82 Å². The van der Waals surface area contributed by atoms with Crippen molar-refractivity contribution in [3.63, 3.8) is 0 Å². The summed E-state index contributed by atoms with van der Waals surface area (Å²) in [5, 5.41) is 0. The summed E-state index contributed by atoms with van der Waals surface area (Å²) in [7, 11) is 0. The molecule has 0 aromatic heterocycles. The van der Waals surface area contributed by atoms with Crippen molar-refractivity contribution in [3.8, 4) is 0 Å². The number of carbonyl (C=O) groups is 1. The summed E-state index contributed by atoms with van der Waals surface area (Å²) in [6.45, 7) is 4.84. The second-order valence-electron chi connectivity index (χ2n) is 4.97. The number of hydrogen-bond donors (Lipinski definition) is 0. The molecule has 0 spiro atoms. The van der Waals surface area contributed by atoms with E-state index >= 15 is 0 Å². The maximum absolute atomic E-state index is 13.4. The maximum Gasteiger partial charge on any atom is 0.255 e. The van der Waals surface area contributed by atoms with E-state index in [4.69, 9.17) is 0 Å². The van der Waals surface area contributed by atoms with Crippen LogP contribution in [0.2, 0.25) is 0 Å². The van der Waals surface area contributed by atoms with Crippen LogP contribution >= 0.6 is 15.9 Å². The van der Waals surface area contributed by atoms with Gasteiger partial charge in [0.05, 0.1) is 10.0 Å². The predicted molar refractivity (Wildman–Crippen MR) is 68.4 cm³/mol. The fraction of sp³-hybridized carbons (Fsp3) is 0.462. The molecule has 4 heteroatoms. The van der Waals surface area contributed by atoms with Gasteiger partial charge in [0, 0.05) is 12.1 Å². The summed E-state index contributed by atoms with van der Waals surface area (Å²) in [6, 6.07) is 4.57. The first-order valence-corrected chi connectivity index (χ1v) is 6.49. The number of halogens is 2. The number of nitrogens with zero attached hydrogens (tertiary/aromatic N) is 1. The lowest BCUT2D eigenvalue weighted by atomic mass is 10.0. The topological polar surface area (TPSA) is 20.3 Å². The van der Waals surface area contributed by atoms with Crippen molar-refractivity contribution >= 4 is 21.8 Å². The minimum absolute atomic E-state index is 0.0983. The lowest BCUT2D eigenvalue weighted by Gasteiger charge is -2.32. The number of hydrogen-bond acceptors (Lipinski definition) is 1. The van der Waals surface area contributed by atoms with Gasteiger partial charge < -0.3 is 4.90 Å². The van der Waals surface area contributed by atoms with Crippen molar-refractivity contribution in [2.24, 2.45) is 0 Å². The molecular weight excluding hydrogens is 285 g/mol. The van der Waals surface area contributed by atoms with E-state index in [0.29, 0.717) is 5.56 Å². The van der Waals surface area contributed by atoms with Crippen molar-refractivity contribution in [2.75, 3.05) is 6.54 Å². The molecule has 0 atom stereocenters. The van der Waals surface area contributed by atoms with Crippen LogP contribution in [0.1, 0.15) is 37.0 Å². The molecule has 92 valence electrons. The summed E-state index contributed by atoms with van der Waals surface area (Å²) >= 11 is 3.14. The fourth-order valence-corrected chi connectivity index (χ4v) is 2.73. The minimum Gasteiger partial charge on any atom is -0.333 e. The van der Waals surface area contributed by atoms with Gasteiger partial charge in [0.2, 0.25) is 0 Å². The van der Waals surface area contributed by atoms with Crippen molar-refractivity contribution in [1.29, 1.82) is 0 Å². The highest BCUT2D eigenvalue weighted by molar-refractivity contribution is 9.10. The second kappa shape index (κ2) is 4.41. The van der Waals surface area contributed by atoms with E-state index in [0.717, 1.165) is 19.4 Å². The van der Waals surface area contributed by atoms with E-state index in [1.54, 1.807) is 12.1 Å². The number of rotatable bonds is 1.